The number of hydrogen-bond acceptors (Lipinski definition) is 6. The molecule has 0 bridgehead atoms. The molecule has 0 atom stereocenters. The van der Waals surface area contributed by atoms with Crippen molar-refractivity contribution in [3.05, 3.63) is 29.9 Å². The number of rotatable bonds is 3. The molecule has 2 saturated heterocycles. The first kappa shape index (κ1) is 16.7. The number of piperidine rings is 1. The van der Waals surface area contributed by atoms with Crippen molar-refractivity contribution < 1.29 is 14.1 Å². The summed E-state index contributed by atoms with van der Waals surface area (Å²) in [7, 11) is 1.84. The maximum absolute atomic E-state index is 12.3. The molecule has 4 rings (SSSR count). The van der Waals surface area contributed by atoms with Gasteiger partial charge in [-0.2, -0.15) is 4.98 Å². The summed E-state index contributed by atoms with van der Waals surface area (Å²) in [5.41, 5.74) is 0.453. The van der Waals surface area contributed by atoms with Crippen LogP contribution in [0.5, 0.6) is 0 Å². The van der Waals surface area contributed by atoms with Gasteiger partial charge in [0.2, 0.25) is 11.8 Å². The van der Waals surface area contributed by atoms with E-state index in [9.17, 15) is 9.59 Å². The number of hydrogen-bond donors (Lipinski definition) is 0. The summed E-state index contributed by atoms with van der Waals surface area (Å²) in [5, 5.41) is 4.14. The Morgan fingerprint density at radius 1 is 1.15 bits per heavy atom. The van der Waals surface area contributed by atoms with Crippen molar-refractivity contribution in [2.24, 2.45) is 7.05 Å². The summed E-state index contributed by atoms with van der Waals surface area (Å²) >= 11 is 0. The maximum atomic E-state index is 12.3. The summed E-state index contributed by atoms with van der Waals surface area (Å²) < 4.78 is 7.19. The summed E-state index contributed by atoms with van der Waals surface area (Å²) in [4.78, 5) is 36.0. The molecule has 0 spiro atoms. The first-order valence-corrected chi connectivity index (χ1v) is 8.87. The second-order valence-corrected chi connectivity index (χ2v) is 7.10. The molecule has 9 heteroatoms. The number of nitrogens with zero attached hydrogens (tertiary/aromatic N) is 6. The zero-order valence-electron chi connectivity index (χ0n) is 15.0. The third-order valence-electron chi connectivity index (χ3n) is 5.20. The predicted octanol–water partition coefficient (Wildman–Crippen LogP) is 0.769. The molecule has 0 aromatic carbocycles. The third-order valence-corrected chi connectivity index (χ3v) is 5.20. The molecule has 0 aliphatic carbocycles. The first-order chi connectivity index (χ1) is 12.5. The van der Waals surface area contributed by atoms with Gasteiger partial charge in [-0.1, -0.05) is 5.16 Å². The smallest absolute Gasteiger partial charge is 0.274 e. The molecule has 2 aromatic heterocycles. The fraction of sp³-hybridized carbons (Fsp3) is 0.588. The van der Waals surface area contributed by atoms with E-state index in [-0.39, 0.29) is 23.7 Å². The lowest BCUT2D eigenvalue weighted by molar-refractivity contribution is -0.129. The van der Waals surface area contributed by atoms with Crippen LogP contribution in [0.2, 0.25) is 0 Å². The van der Waals surface area contributed by atoms with Crippen molar-refractivity contribution in [3.8, 4) is 0 Å². The number of carbonyl (C=O) groups is 2. The molecule has 138 valence electrons. The Morgan fingerprint density at radius 2 is 1.88 bits per heavy atom. The SMILES string of the molecule is CC(=O)N1CCC(c2noc(C3CN(C(=O)c4cn(C)cn4)C3)n2)CC1. The van der Waals surface area contributed by atoms with Gasteiger partial charge in [-0.3, -0.25) is 9.59 Å². The molecule has 0 unspecified atom stereocenters. The van der Waals surface area contributed by atoms with E-state index in [0.29, 0.717) is 24.7 Å². The van der Waals surface area contributed by atoms with Crippen molar-refractivity contribution in [2.45, 2.75) is 31.6 Å². The monoisotopic (exact) mass is 358 g/mol. The van der Waals surface area contributed by atoms with Crippen LogP contribution in [0.1, 0.15) is 53.8 Å². The Labute approximate surface area is 151 Å². The van der Waals surface area contributed by atoms with Crippen molar-refractivity contribution in [1.29, 1.82) is 0 Å². The summed E-state index contributed by atoms with van der Waals surface area (Å²) in [6, 6.07) is 0. The van der Waals surface area contributed by atoms with Crippen LogP contribution in [0, 0.1) is 0 Å². The van der Waals surface area contributed by atoms with Gasteiger partial charge in [-0.05, 0) is 12.8 Å². The van der Waals surface area contributed by atoms with E-state index in [1.165, 1.54) is 0 Å². The Balaban J connectivity index is 1.32. The molecule has 26 heavy (non-hydrogen) atoms. The highest BCUT2D eigenvalue weighted by Gasteiger charge is 2.37. The van der Waals surface area contributed by atoms with E-state index < -0.39 is 0 Å². The Hall–Kier alpha value is -2.71. The van der Waals surface area contributed by atoms with Gasteiger partial charge in [-0.15, -0.1) is 0 Å². The zero-order chi connectivity index (χ0) is 18.3. The maximum Gasteiger partial charge on any atom is 0.274 e. The molecule has 2 amide bonds. The average Bonchev–Trinajstić information content (AvgIpc) is 3.23. The lowest BCUT2D eigenvalue weighted by atomic mass is 9.95. The molecular formula is C17H22N6O3. The van der Waals surface area contributed by atoms with E-state index >= 15 is 0 Å². The van der Waals surface area contributed by atoms with Crippen LogP contribution >= 0.6 is 0 Å². The van der Waals surface area contributed by atoms with Gasteiger partial charge < -0.3 is 18.9 Å². The molecular weight excluding hydrogens is 336 g/mol. The van der Waals surface area contributed by atoms with Crippen LogP contribution in [0.15, 0.2) is 17.0 Å². The molecule has 0 radical (unpaired) electrons. The molecule has 2 aromatic rings. The minimum absolute atomic E-state index is 0.0711. The number of aromatic nitrogens is 4. The zero-order valence-corrected chi connectivity index (χ0v) is 15.0. The number of aryl methyl sites for hydroxylation is 1. The highest BCUT2D eigenvalue weighted by molar-refractivity contribution is 5.92. The van der Waals surface area contributed by atoms with E-state index in [4.69, 9.17) is 4.52 Å². The first-order valence-electron chi connectivity index (χ1n) is 8.87. The Morgan fingerprint density at radius 3 is 2.50 bits per heavy atom. The van der Waals surface area contributed by atoms with Gasteiger partial charge in [0, 0.05) is 52.3 Å². The van der Waals surface area contributed by atoms with Crippen molar-refractivity contribution in [3.63, 3.8) is 0 Å². The fourth-order valence-corrected chi connectivity index (χ4v) is 3.52. The average molecular weight is 358 g/mol. The van der Waals surface area contributed by atoms with E-state index in [0.717, 1.165) is 31.8 Å². The van der Waals surface area contributed by atoms with Crippen LogP contribution in [0.3, 0.4) is 0 Å². The second-order valence-electron chi connectivity index (χ2n) is 7.10. The largest absolute Gasteiger partial charge is 0.343 e. The predicted molar refractivity (Wildman–Crippen MR) is 90.4 cm³/mol. The van der Waals surface area contributed by atoms with Crippen LogP contribution < -0.4 is 0 Å². The topological polar surface area (TPSA) is 97.4 Å². The molecule has 2 aliphatic rings. The third kappa shape index (κ3) is 3.09. The standard InChI is InChI=1S/C17H22N6O3/c1-11(24)22-5-3-12(4-6-22)15-19-16(26-20-15)13-7-23(8-13)17(25)14-9-21(2)10-18-14/h9-10,12-13H,3-8H2,1-2H3. The van der Waals surface area contributed by atoms with Gasteiger partial charge in [0.05, 0.1) is 12.2 Å². The number of amides is 2. The number of imidazole rings is 1. The van der Waals surface area contributed by atoms with Crippen LogP contribution in [0.4, 0.5) is 0 Å². The summed E-state index contributed by atoms with van der Waals surface area (Å²) in [5.74, 6) is 1.68. The van der Waals surface area contributed by atoms with E-state index in [1.54, 1.807) is 28.9 Å². The normalized spacial score (nSPS) is 18.8. The van der Waals surface area contributed by atoms with Crippen LogP contribution in [-0.2, 0) is 11.8 Å². The van der Waals surface area contributed by atoms with Crippen LogP contribution in [-0.4, -0.2) is 67.5 Å². The van der Waals surface area contributed by atoms with Crippen molar-refractivity contribution in [1.82, 2.24) is 29.5 Å². The molecule has 2 aliphatic heterocycles. The van der Waals surface area contributed by atoms with Gasteiger partial charge in [0.1, 0.15) is 5.69 Å². The quantitative estimate of drug-likeness (QED) is 0.804. The molecule has 0 saturated carbocycles. The van der Waals surface area contributed by atoms with Crippen molar-refractivity contribution in [2.75, 3.05) is 26.2 Å². The molecule has 2 fully saturated rings. The lowest BCUT2D eigenvalue weighted by Gasteiger charge is -2.36. The molecule has 4 heterocycles. The van der Waals surface area contributed by atoms with E-state index in [2.05, 4.69) is 15.1 Å². The van der Waals surface area contributed by atoms with Gasteiger partial charge in [0.25, 0.3) is 5.91 Å². The summed E-state index contributed by atoms with van der Waals surface area (Å²) in [6.45, 7) is 4.21. The second kappa shape index (κ2) is 6.54. The molecule has 9 nitrogen and oxygen atoms in total. The number of carbonyl (C=O) groups excluding carboxylic acids is 2. The van der Waals surface area contributed by atoms with Crippen molar-refractivity contribution >= 4 is 11.8 Å². The van der Waals surface area contributed by atoms with Gasteiger partial charge in [-0.25, -0.2) is 4.98 Å². The minimum atomic E-state index is -0.0711. The number of likely N-dealkylation sites (tertiary alicyclic amines) is 2. The highest BCUT2D eigenvalue weighted by Crippen LogP contribution is 2.30. The fourth-order valence-electron chi connectivity index (χ4n) is 3.52. The highest BCUT2D eigenvalue weighted by atomic mass is 16.5. The molecule has 0 N–H and O–H groups in total. The van der Waals surface area contributed by atoms with Gasteiger partial charge in [0.15, 0.2) is 5.82 Å². The van der Waals surface area contributed by atoms with E-state index in [1.807, 2.05) is 11.9 Å². The summed E-state index contributed by atoms with van der Waals surface area (Å²) in [6.07, 6.45) is 5.04. The Kier molecular flexibility index (Phi) is 4.21. The van der Waals surface area contributed by atoms with Gasteiger partial charge >= 0.3 is 0 Å². The van der Waals surface area contributed by atoms with Crippen LogP contribution in [0.25, 0.3) is 0 Å². The minimum Gasteiger partial charge on any atom is -0.343 e. The Bertz CT molecular complexity index is 814. The lowest BCUT2D eigenvalue weighted by Crippen LogP contribution is -2.48.